The van der Waals surface area contributed by atoms with Crippen LogP contribution in [0.1, 0.15) is 4.88 Å². The number of hydrogen-bond acceptors (Lipinski definition) is 4. The highest BCUT2D eigenvalue weighted by atomic mass is 35.5. The van der Waals surface area contributed by atoms with E-state index >= 15 is 0 Å². The van der Waals surface area contributed by atoms with E-state index in [0.29, 0.717) is 6.61 Å². The van der Waals surface area contributed by atoms with Gasteiger partial charge in [0.05, 0.1) is 13.2 Å². The van der Waals surface area contributed by atoms with Gasteiger partial charge in [-0.3, -0.25) is 0 Å². The van der Waals surface area contributed by atoms with Crippen molar-refractivity contribution in [3.63, 3.8) is 0 Å². The lowest BCUT2D eigenvalue weighted by Crippen LogP contribution is -2.17. The lowest BCUT2D eigenvalue weighted by Gasteiger charge is -2.09. The molecule has 0 bridgehead atoms. The van der Waals surface area contributed by atoms with Gasteiger partial charge in [-0.2, -0.15) is 0 Å². The zero-order valence-electron chi connectivity index (χ0n) is 14.8. The molecular formula is C21H20ClNOS2. The molecule has 2 aromatic carbocycles. The summed E-state index contributed by atoms with van der Waals surface area (Å²) in [6, 6.07) is 17.1. The molecule has 4 rings (SSSR count). The Morgan fingerprint density at radius 3 is 2.65 bits per heavy atom. The Morgan fingerprint density at radius 2 is 1.81 bits per heavy atom. The normalized spacial score (nSPS) is 12.5. The molecule has 2 nitrogen and oxygen atoms in total. The van der Waals surface area contributed by atoms with E-state index in [2.05, 4.69) is 61.5 Å². The molecular weight excluding hydrogens is 382 g/mol. The minimum absolute atomic E-state index is 0.656. The SMILES string of the molecule is CN(C)CCOCc1cc2c(s1)-c1ccccc1Sc1cc(Cl)ccc1-2. The van der Waals surface area contributed by atoms with Crippen LogP contribution in [0.5, 0.6) is 0 Å². The number of rotatable bonds is 5. The number of fused-ring (bicyclic) bond motifs is 5. The summed E-state index contributed by atoms with van der Waals surface area (Å²) in [4.78, 5) is 7.20. The molecule has 134 valence electrons. The first-order chi connectivity index (χ1) is 12.6. The van der Waals surface area contributed by atoms with Crippen molar-refractivity contribution in [2.45, 2.75) is 16.4 Å². The Hall–Kier alpha value is -1.30. The monoisotopic (exact) mass is 401 g/mol. The fourth-order valence-electron chi connectivity index (χ4n) is 3.00. The predicted octanol–water partition coefficient (Wildman–Crippen LogP) is 6.28. The van der Waals surface area contributed by atoms with Crippen molar-refractivity contribution >= 4 is 34.7 Å². The van der Waals surface area contributed by atoms with Crippen LogP contribution in [0.2, 0.25) is 5.02 Å². The molecule has 2 heterocycles. The molecule has 1 aromatic heterocycles. The molecule has 0 atom stereocenters. The number of halogens is 1. The Kier molecular flexibility index (Phi) is 5.39. The summed E-state index contributed by atoms with van der Waals surface area (Å²) < 4.78 is 5.88. The van der Waals surface area contributed by atoms with Crippen LogP contribution in [0, 0.1) is 0 Å². The standard InChI is InChI=1S/C21H20ClNOS2/c1-23(2)9-10-24-13-15-12-18-16-8-7-14(22)11-20(16)26-19-6-4-3-5-17(19)21(18)25-15/h3-8,11-12H,9-10,13H2,1-2H3. The second-order valence-corrected chi connectivity index (χ2v) is 9.21. The Bertz CT molecular complexity index is 936. The van der Waals surface area contributed by atoms with Crippen molar-refractivity contribution in [3.8, 4) is 21.6 Å². The van der Waals surface area contributed by atoms with Gasteiger partial charge in [-0.1, -0.05) is 47.6 Å². The average Bonchev–Trinajstić information content (AvgIpc) is 2.98. The number of benzene rings is 2. The van der Waals surface area contributed by atoms with Gasteiger partial charge in [0.1, 0.15) is 0 Å². The van der Waals surface area contributed by atoms with Gasteiger partial charge < -0.3 is 9.64 Å². The number of ether oxygens (including phenoxy) is 1. The van der Waals surface area contributed by atoms with Gasteiger partial charge in [0.15, 0.2) is 0 Å². The van der Waals surface area contributed by atoms with Gasteiger partial charge >= 0.3 is 0 Å². The lowest BCUT2D eigenvalue weighted by molar-refractivity contribution is 0.107. The summed E-state index contributed by atoms with van der Waals surface area (Å²) >= 11 is 9.89. The fraction of sp³-hybridized carbons (Fsp3) is 0.238. The van der Waals surface area contributed by atoms with Gasteiger partial charge in [-0.15, -0.1) is 11.3 Å². The highest BCUT2D eigenvalue weighted by molar-refractivity contribution is 7.99. The molecule has 0 radical (unpaired) electrons. The Labute approximate surface area is 167 Å². The summed E-state index contributed by atoms with van der Waals surface area (Å²) in [6.45, 7) is 2.34. The molecule has 0 amide bonds. The predicted molar refractivity (Wildman–Crippen MR) is 113 cm³/mol. The molecule has 0 aliphatic carbocycles. The van der Waals surface area contributed by atoms with Gasteiger partial charge in [0, 0.05) is 42.2 Å². The first-order valence-corrected chi connectivity index (χ1v) is 10.6. The summed E-state index contributed by atoms with van der Waals surface area (Å²) in [6.07, 6.45) is 0. The van der Waals surface area contributed by atoms with Crippen LogP contribution >= 0.6 is 34.7 Å². The third-order valence-electron chi connectivity index (χ3n) is 4.30. The number of hydrogen-bond donors (Lipinski definition) is 0. The van der Waals surface area contributed by atoms with E-state index in [1.54, 1.807) is 11.8 Å². The molecule has 0 saturated carbocycles. The first kappa shape index (κ1) is 18.1. The fourth-order valence-corrected chi connectivity index (χ4v) is 5.58. The first-order valence-electron chi connectivity index (χ1n) is 8.54. The summed E-state index contributed by atoms with van der Waals surface area (Å²) in [5.41, 5.74) is 3.83. The van der Waals surface area contributed by atoms with Crippen molar-refractivity contribution in [3.05, 3.63) is 58.4 Å². The maximum Gasteiger partial charge on any atom is 0.0810 e. The van der Waals surface area contributed by atoms with Crippen molar-refractivity contribution in [1.82, 2.24) is 4.90 Å². The number of thiophene rings is 1. The third-order valence-corrected chi connectivity index (χ3v) is 6.81. The van der Waals surface area contributed by atoms with E-state index in [-0.39, 0.29) is 0 Å². The zero-order chi connectivity index (χ0) is 18.1. The second kappa shape index (κ2) is 7.75. The van der Waals surface area contributed by atoms with Crippen LogP contribution in [0.25, 0.3) is 21.6 Å². The van der Waals surface area contributed by atoms with Crippen molar-refractivity contribution < 1.29 is 4.74 Å². The highest BCUT2D eigenvalue weighted by Gasteiger charge is 2.22. The summed E-state index contributed by atoms with van der Waals surface area (Å²) in [5, 5.41) is 0.777. The van der Waals surface area contributed by atoms with Gasteiger partial charge in [0.25, 0.3) is 0 Å². The topological polar surface area (TPSA) is 12.5 Å². The Morgan fingerprint density at radius 1 is 0.962 bits per heavy atom. The molecule has 0 unspecified atom stereocenters. The highest BCUT2D eigenvalue weighted by Crippen LogP contribution is 2.51. The van der Waals surface area contributed by atoms with E-state index in [0.717, 1.165) is 18.2 Å². The second-order valence-electron chi connectivity index (χ2n) is 6.55. The molecule has 3 aromatic rings. The van der Waals surface area contributed by atoms with Gasteiger partial charge in [0.2, 0.25) is 0 Å². The smallest absolute Gasteiger partial charge is 0.0810 e. The summed E-state index contributed by atoms with van der Waals surface area (Å²) in [5.74, 6) is 0. The molecule has 5 heteroatoms. The van der Waals surface area contributed by atoms with E-state index in [1.807, 2.05) is 17.4 Å². The maximum absolute atomic E-state index is 6.26. The molecule has 1 aliphatic heterocycles. The van der Waals surface area contributed by atoms with Crippen molar-refractivity contribution in [2.75, 3.05) is 27.2 Å². The largest absolute Gasteiger partial charge is 0.375 e. The van der Waals surface area contributed by atoms with Crippen LogP contribution in [-0.4, -0.2) is 32.1 Å². The average molecular weight is 402 g/mol. The van der Waals surface area contributed by atoms with Crippen LogP contribution in [-0.2, 0) is 11.3 Å². The molecule has 1 aliphatic rings. The van der Waals surface area contributed by atoms with E-state index in [4.69, 9.17) is 16.3 Å². The molecule has 0 fully saturated rings. The number of nitrogens with zero attached hydrogens (tertiary/aromatic N) is 1. The number of likely N-dealkylation sites (N-methyl/N-ethyl adjacent to an activating group) is 1. The molecule has 0 N–H and O–H groups in total. The van der Waals surface area contributed by atoms with Crippen molar-refractivity contribution in [1.29, 1.82) is 0 Å². The quantitative estimate of drug-likeness (QED) is 0.365. The van der Waals surface area contributed by atoms with Gasteiger partial charge in [-0.05, 0) is 43.9 Å². The van der Waals surface area contributed by atoms with Crippen LogP contribution < -0.4 is 0 Å². The minimum Gasteiger partial charge on any atom is -0.375 e. The minimum atomic E-state index is 0.656. The maximum atomic E-state index is 6.26. The van der Waals surface area contributed by atoms with Gasteiger partial charge in [-0.25, -0.2) is 0 Å². The Balaban J connectivity index is 1.73. The third kappa shape index (κ3) is 3.71. The zero-order valence-corrected chi connectivity index (χ0v) is 17.2. The lowest BCUT2D eigenvalue weighted by atomic mass is 10.0. The van der Waals surface area contributed by atoms with Crippen LogP contribution in [0.15, 0.2) is 58.3 Å². The molecule has 0 spiro atoms. The van der Waals surface area contributed by atoms with E-state index < -0.39 is 0 Å². The van der Waals surface area contributed by atoms with Crippen LogP contribution in [0.4, 0.5) is 0 Å². The van der Waals surface area contributed by atoms with Crippen LogP contribution in [0.3, 0.4) is 0 Å². The molecule has 0 saturated heterocycles. The summed E-state index contributed by atoms with van der Waals surface area (Å²) in [7, 11) is 4.13. The van der Waals surface area contributed by atoms with E-state index in [1.165, 1.54) is 36.2 Å². The van der Waals surface area contributed by atoms with Crippen molar-refractivity contribution in [2.24, 2.45) is 0 Å². The van der Waals surface area contributed by atoms with E-state index in [9.17, 15) is 0 Å². The molecule has 26 heavy (non-hydrogen) atoms.